The van der Waals surface area contributed by atoms with E-state index in [9.17, 15) is 50.1 Å². The number of carbonyl (C=O) groups excluding carboxylic acids is 3. The smallest absolute Gasteiger partial charge is 0.217 e. The minimum atomic E-state index is -1.57. The molecule has 0 spiro atoms. The SMILES string of the molecule is CO[C@@H]1C(NC(C)=O)[C@H](COC[C@@H]2C(CO)O[C@@H](O)C(NC(C)=O)[C@H]2O)OC(CO)[C@H]1COC[C@@H]1OC(CO)[C@@H](O)[C@H](O)C1NC(C)=O. The van der Waals surface area contributed by atoms with Crippen LogP contribution in [0, 0.1) is 11.8 Å². The number of amides is 3. The van der Waals surface area contributed by atoms with Crippen molar-refractivity contribution in [1.29, 1.82) is 0 Å². The summed E-state index contributed by atoms with van der Waals surface area (Å²) in [7, 11) is 1.40. The van der Waals surface area contributed by atoms with E-state index in [0.717, 1.165) is 0 Å². The molecular formula is C29H51N3O16. The lowest BCUT2D eigenvalue weighted by atomic mass is 9.85. The van der Waals surface area contributed by atoms with Gasteiger partial charge in [0.2, 0.25) is 17.7 Å². The van der Waals surface area contributed by atoms with Gasteiger partial charge in [-0.3, -0.25) is 14.4 Å². The highest BCUT2D eigenvalue weighted by Gasteiger charge is 2.49. The monoisotopic (exact) mass is 697 g/mol. The van der Waals surface area contributed by atoms with Crippen LogP contribution >= 0.6 is 0 Å². The Kier molecular flexibility index (Phi) is 15.8. The van der Waals surface area contributed by atoms with Gasteiger partial charge in [0.25, 0.3) is 0 Å². The van der Waals surface area contributed by atoms with Gasteiger partial charge < -0.3 is 80.1 Å². The first-order valence-corrected chi connectivity index (χ1v) is 15.8. The van der Waals surface area contributed by atoms with E-state index in [0.29, 0.717) is 0 Å². The molecule has 3 aliphatic heterocycles. The fourth-order valence-electron chi connectivity index (χ4n) is 6.54. The topological polar surface area (TPSA) is 284 Å². The molecule has 0 aromatic heterocycles. The van der Waals surface area contributed by atoms with Gasteiger partial charge in [0.1, 0.15) is 36.6 Å². The number of carbonyl (C=O) groups is 3. The first-order valence-electron chi connectivity index (χ1n) is 15.8. The molecular weight excluding hydrogens is 646 g/mol. The van der Waals surface area contributed by atoms with Crippen LogP contribution in [0.2, 0.25) is 0 Å². The Morgan fingerprint density at radius 1 is 0.562 bits per heavy atom. The van der Waals surface area contributed by atoms with Crippen molar-refractivity contribution in [1.82, 2.24) is 16.0 Å². The molecule has 3 heterocycles. The van der Waals surface area contributed by atoms with Gasteiger partial charge in [-0.25, -0.2) is 0 Å². The fourth-order valence-corrected chi connectivity index (χ4v) is 6.54. The van der Waals surface area contributed by atoms with Gasteiger partial charge in [-0.15, -0.1) is 0 Å². The molecule has 0 aromatic carbocycles. The second-order valence-corrected chi connectivity index (χ2v) is 12.3. The van der Waals surface area contributed by atoms with Gasteiger partial charge in [-0.1, -0.05) is 0 Å². The molecule has 3 aliphatic rings. The third-order valence-corrected chi connectivity index (χ3v) is 8.86. The number of hydrogen-bond acceptors (Lipinski definition) is 16. The van der Waals surface area contributed by atoms with E-state index in [-0.39, 0.29) is 26.4 Å². The van der Waals surface area contributed by atoms with E-state index in [1.165, 1.54) is 27.9 Å². The third-order valence-electron chi connectivity index (χ3n) is 8.86. The van der Waals surface area contributed by atoms with Crippen LogP contribution in [0.15, 0.2) is 0 Å². The van der Waals surface area contributed by atoms with Crippen LogP contribution in [-0.4, -0.2) is 186 Å². The highest BCUT2D eigenvalue weighted by atomic mass is 16.6. The number of aliphatic hydroxyl groups is 7. The number of hydrogen-bond donors (Lipinski definition) is 10. The van der Waals surface area contributed by atoms with E-state index in [4.69, 9.17) is 28.4 Å². The molecule has 3 amide bonds. The summed E-state index contributed by atoms with van der Waals surface area (Å²) in [5.74, 6) is -2.97. The zero-order valence-electron chi connectivity index (χ0n) is 27.4. The molecule has 3 saturated heterocycles. The maximum absolute atomic E-state index is 12.2. The molecule has 278 valence electrons. The second-order valence-electron chi connectivity index (χ2n) is 12.3. The first-order chi connectivity index (χ1) is 22.8. The molecule has 6 unspecified atom stereocenters. The van der Waals surface area contributed by atoms with Crippen LogP contribution in [0.1, 0.15) is 20.8 Å². The van der Waals surface area contributed by atoms with Crippen molar-refractivity contribution in [3.63, 3.8) is 0 Å². The summed E-state index contributed by atoms with van der Waals surface area (Å²) in [6.45, 7) is 1.40. The molecule has 0 aliphatic carbocycles. The minimum Gasteiger partial charge on any atom is -0.394 e. The first kappa shape index (κ1) is 40.3. The van der Waals surface area contributed by atoms with Gasteiger partial charge in [0.15, 0.2) is 6.29 Å². The highest BCUT2D eigenvalue weighted by molar-refractivity contribution is 5.74. The molecule has 3 fully saturated rings. The Balaban J connectivity index is 1.70. The van der Waals surface area contributed by atoms with E-state index in [2.05, 4.69) is 16.0 Å². The molecule has 15 atom stereocenters. The quantitative estimate of drug-likeness (QED) is 0.0762. The Morgan fingerprint density at radius 3 is 1.54 bits per heavy atom. The molecule has 48 heavy (non-hydrogen) atoms. The van der Waals surface area contributed by atoms with Crippen LogP contribution in [0.5, 0.6) is 0 Å². The number of methoxy groups -OCH3 is 1. The van der Waals surface area contributed by atoms with Crippen LogP contribution < -0.4 is 16.0 Å². The van der Waals surface area contributed by atoms with E-state index < -0.39 is 129 Å². The molecule has 19 nitrogen and oxygen atoms in total. The van der Waals surface area contributed by atoms with Crippen LogP contribution in [0.3, 0.4) is 0 Å². The van der Waals surface area contributed by atoms with E-state index in [1.54, 1.807) is 0 Å². The Bertz CT molecular complexity index is 1040. The van der Waals surface area contributed by atoms with Gasteiger partial charge in [0, 0.05) is 39.7 Å². The molecule has 0 saturated carbocycles. The summed E-state index contributed by atoms with van der Waals surface area (Å²) in [5.41, 5.74) is 0. The van der Waals surface area contributed by atoms with Crippen molar-refractivity contribution in [2.75, 3.05) is 53.4 Å². The number of aliphatic hydroxyl groups excluding tert-OH is 7. The number of ether oxygens (including phenoxy) is 6. The van der Waals surface area contributed by atoms with Crippen LogP contribution in [0.4, 0.5) is 0 Å². The maximum Gasteiger partial charge on any atom is 0.217 e. The lowest BCUT2D eigenvalue weighted by molar-refractivity contribution is -0.248. The summed E-state index contributed by atoms with van der Waals surface area (Å²) in [5, 5.41) is 79.3. The van der Waals surface area contributed by atoms with E-state index >= 15 is 0 Å². The molecule has 19 heteroatoms. The Morgan fingerprint density at radius 2 is 1.02 bits per heavy atom. The summed E-state index contributed by atoms with van der Waals surface area (Å²) >= 11 is 0. The maximum atomic E-state index is 12.2. The second kappa shape index (κ2) is 18.8. The van der Waals surface area contributed by atoms with Crippen molar-refractivity contribution in [2.45, 2.75) is 100 Å². The predicted octanol–water partition coefficient (Wildman–Crippen LogP) is -5.91. The molecule has 0 aromatic rings. The highest BCUT2D eigenvalue weighted by Crippen LogP contribution is 2.31. The minimum absolute atomic E-state index is 0.112. The summed E-state index contributed by atoms with van der Waals surface area (Å²) < 4.78 is 34.8. The zero-order valence-corrected chi connectivity index (χ0v) is 27.4. The molecule has 0 bridgehead atoms. The van der Waals surface area contributed by atoms with Crippen molar-refractivity contribution < 1.29 is 78.6 Å². The lowest BCUT2D eigenvalue weighted by Crippen LogP contribution is -2.65. The average molecular weight is 698 g/mol. The van der Waals surface area contributed by atoms with Crippen molar-refractivity contribution in [3.05, 3.63) is 0 Å². The van der Waals surface area contributed by atoms with Crippen molar-refractivity contribution in [3.8, 4) is 0 Å². The Hall–Kier alpha value is -2.11. The molecule has 10 N–H and O–H groups in total. The van der Waals surface area contributed by atoms with Crippen molar-refractivity contribution >= 4 is 17.7 Å². The summed E-state index contributed by atoms with van der Waals surface area (Å²) in [6.07, 6.45) is -11.5. The predicted molar refractivity (Wildman–Crippen MR) is 160 cm³/mol. The van der Waals surface area contributed by atoms with Crippen LogP contribution in [-0.2, 0) is 42.8 Å². The van der Waals surface area contributed by atoms with Gasteiger partial charge in [-0.2, -0.15) is 0 Å². The van der Waals surface area contributed by atoms with Crippen molar-refractivity contribution in [2.24, 2.45) is 11.8 Å². The standard InChI is InChI=1S/C29H51N3O16/c1-12(36)30-22-20(47-19(7-35)26(40)27(22)41)10-45-9-16-18(6-34)46-21(23(28(16)43-4)31-13(2)37)11-44-8-15-17(5-33)48-29(42)24(25(15)39)32-14(3)38/h15-29,33-35,39-42H,5-11H2,1-4H3,(H,30,36)(H,31,37)(H,32,38)/t15-,16-,17?,18?,19?,20+,21+,22?,23?,24?,25+,26-,27-,28+,29-/m1/s1. The molecule has 3 rings (SSSR count). The van der Waals surface area contributed by atoms with Gasteiger partial charge >= 0.3 is 0 Å². The van der Waals surface area contributed by atoms with E-state index in [1.807, 2.05) is 0 Å². The van der Waals surface area contributed by atoms with Gasteiger partial charge in [-0.05, 0) is 0 Å². The summed E-state index contributed by atoms with van der Waals surface area (Å²) in [4.78, 5) is 35.6. The third kappa shape index (κ3) is 9.99. The largest absolute Gasteiger partial charge is 0.394 e. The average Bonchev–Trinajstić information content (AvgIpc) is 3.03. The number of rotatable bonds is 15. The lowest BCUT2D eigenvalue weighted by Gasteiger charge is -2.47. The van der Waals surface area contributed by atoms with Gasteiger partial charge in [0.05, 0.1) is 82.7 Å². The normalized spacial score (nSPS) is 40.2. The Labute approximate surface area is 277 Å². The molecule has 0 radical (unpaired) electrons. The summed E-state index contributed by atoms with van der Waals surface area (Å²) in [6, 6.07) is -3.06. The zero-order chi connectivity index (χ0) is 35.7. The number of nitrogens with one attached hydrogen (secondary N) is 3. The van der Waals surface area contributed by atoms with Crippen LogP contribution in [0.25, 0.3) is 0 Å². The fraction of sp³-hybridized carbons (Fsp3) is 0.897.